The number of hydrogen-bond acceptors (Lipinski definition) is 3. The van der Waals surface area contributed by atoms with Crippen LogP contribution in [0, 0.1) is 0 Å². The monoisotopic (exact) mass is 538 g/mol. The Morgan fingerprint density at radius 3 is 1.59 bits per heavy atom. The normalized spacial score (nSPS) is 11.7. The molecule has 0 unspecified atom stereocenters. The Balaban J connectivity index is 1.76. The SMILES string of the molecule is CCCCCCCCCCc1cnc(-c2ccc(OCCC[N+](CCCC)(CCCC)CCCC)cc2)nc1. The molecule has 2 aromatic rings. The first kappa shape index (κ1) is 33.3. The minimum Gasteiger partial charge on any atom is -0.493 e. The molecule has 220 valence electrons. The van der Waals surface area contributed by atoms with Crippen molar-refractivity contribution in [2.24, 2.45) is 0 Å². The summed E-state index contributed by atoms with van der Waals surface area (Å²) in [7, 11) is 0. The second-order valence-electron chi connectivity index (χ2n) is 11.7. The molecule has 0 aliphatic heterocycles. The highest BCUT2D eigenvalue weighted by molar-refractivity contribution is 5.55. The molecule has 1 aromatic heterocycles. The topological polar surface area (TPSA) is 35.0 Å². The van der Waals surface area contributed by atoms with E-state index in [4.69, 9.17) is 4.74 Å². The smallest absolute Gasteiger partial charge is 0.159 e. The molecule has 2 rings (SSSR count). The highest BCUT2D eigenvalue weighted by Crippen LogP contribution is 2.21. The first-order valence-corrected chi connectivity index (χ1v) is 16.6. The number of nitrogens with zero attached hydrogens (tertiary/aromatic N) is 3. The molecule has 0 spiro atoms. The van der Waals surface area contributed by atoms with Gasteiger partial charge in [0.2, 0.25) is 0 Å². The van der Waals surface area contributed by atoms with Crippen molar-refractivity contribution in [2.75, 3.05) is 32.8 Å². The largest absolute Gasteiger partial charge is 0.493 e. The number of ether oxygens (including phenoxy) is 1. The van der Waals surface area contributed by atoms with Crippen LogP contribution in [0.5, 0.6) is 5.75 Å². The Morgan fingerprint density at radius 1 is 0.564 bits per heavy atom. The Morgan fingerprint density at radius 2 is 1.05 bits per heavy atom. The average molecular weight is 539 g/mol. The molecule has 0 atom stereocenters. The van der Waals surface area contributed by atoms with Crippen LogP contribution in [0.25, 0.3) is 11.4 Å². The van der Waals surface area contributed by atoms with E-state index in [1.54, 1.807) is 0 Å². The minimum absolute atomic E-state index is 0.785. The van der Waals surface area contributed by atoms with E-state index < -0.39 is 0 Å². The predicted octanol–water partition coefficient (Wildman–Crippen LogP) is 9.81. The molecule has 0 aliphatic rings. The van der Waals surface area contributed by atoms with Crippen LogP contribution in [0.3, 0.4) is 0 Å². The van der Waals surface area contributed by atoms with Crippen molar-refractivity contribution in [3.63, 3.8) is 0 Å². The van der Waals surface area contributed by atoms with E-state index in [-0.39, 0.29) is 0 Å². The third-order valence-electron chi connectivity index (χ3n) is 8.14. The zero-order chi connectivity index (χ0) is 28.0. The summed E-state index contributed by atoms with van der Waals surface area (Å²) in [6, 6.07) is 8.32. The maximum Gasteiger partial charge on any atom is 0.159 e. The molecule has 0 fully saturated rings. The van der Waals surface area contributed by atoms with Gasteiger partial charge in [0.05, 0.1) is 32.8 Å². The van der Waals surface area contributed by atoms with Crippen LogP contribution in [0.2, 0.25) is 0 Å². The van der Waals surface area contributed by atoms with Crippen LogP contribution in [0.1, 0.15) is 130 Å². The van der Waals surface area contributed by atoms with Gasteiger partial charge in [0.1, 0.15) is 5.75 Å². The van der Waals surface area contributed by atoms with Crippen molar-refractivity contribution in [1.29, 1.82) is 0 Å². The number of rotatable bonds is 24. The van der Waals surface area contributed by atoms with Crippen LogP contribution < -0.4 is 4.74 Å². The summed E-state index contributed by atoms with van der Waals surface area (Å²) in [5, 5.41) is 0. The second-order valence-corrected chi connectivity index (χ2v) is 11.7. The standard InChI is InChI=1S/C35H60N3O/c1-5-9-13-14-15-16-17-18-20-32-30-36-35(37-31-32)33-21-23-34(24-22-33)39-29-19-28-38(25-10-6-2,26-11-7-3)27-12-8-4/h21-24,30-31H,5-20,25-29H2,1-4H3/q+1. The van der Waals surface area contributed by atoms with E-state index in [0.29, 0.717) is 0 Å². The Kier molecular flexibility index (Phi) is 17.8. The first-order chi connectivity index (χ1) is 19.2. The number of benzene rings is 1. The van der Waals surface area contributed by atoms with Crippen LogP contribution in [0.4, 0.5) is 0 Å². The quantitative estimate of drug-likeness (QED) is 0.0985. The summed E-state index contributed by atoms with van der Waals surface area (Å²) in [5.41, 5.74) is 2.30. The lowest BCUT2D eigenvalue weighted by Crippen LogP contribution is -2.51. The Labute approximate surface area is 241 Å². The molecule has 4 nitrogen and oxygen atoms in total. The number of quaternary nitrogens is 1. The molecule has 0 saturated heterocycles. The fraction of sp³-hybridized carbons (Fsp3) is 0.714. The molecular weight excluding hydrogens is 478 g/mol. The lowest BCUT2D eigenvalue weighted by Gasteiger charge is -2.39. The highest BCUT2D eigenvalue weighted by atomic mass is 16.5. The molecule has 0 aliphatic carbocycles. The number of unbranched alkanes of at least 4 members (excludes halogenated alkanes) is 10. The summed E-state index contributed by atoms with van der Waals surface area (Å²) >= 11 is 0. The third-order valence-corrected chi connectivity index (χ3v) is 8.14. The van der Waals surface area contributed by atoms with Gasteiger partial charge >= 0.3 is 0 Å². The Hall–Kier alpha value is -1.94. The Bertz CT molecular complexity index is 812. The van der Waals surface area contributed by atoms with E-state index in [1.165, 1.54) is 126 Å². The van der Waals surface area contributed by atoms with E-state index >= 15 is 0 Å². The van der Waals surface area contributed by atoms with Crippen molar-refractivity contribution >= 4 is 0 Å². The molecular formula is C35H60N3O+. The molecule has 0 amide bonds. The van der Waals surface area contributed by atoms with Crippen molar-refractivity contribution in [1.82, 2.24) is 9.97 Å². The number of hydrogen-bond donors (Lipinski definition) is 0. The first-order valence-electron chi connectivity index (χ1n) is 16.6. The highest BCUT2D eigenvalue weighted by Gasteiger charge is 2.25. The van der Waals surface area contributed by atoms with Gasteiger partial charge in [0, 0.05) is 24.4 Å². The van der Waals surface area contributed by atoms with Crippen LogP contribution in [0.15, 0.2) is 36.7 Å². The average Bonchev–Trinajstić information content (AvgIpc) is 2.98. The summed E-state index contributed by atoms with van der Waals surface area (Å²) in [4.78, 5) is 9.30. The molecule has 0 N–H and O–H groups in total. The van der Waals surface area contributed by atoms with E-state index in [1.807, 2.05) is 12.4 Å². The minimum atomic E-state index is 0.785. The maximum atomic E-state index is 6.17. The predicted molar refractivity (Wildman–Crippen MR) is 168 cm³/mol. The van der Waals surface area contributed by atoms with E-state index in [9.17, 15) is 0 Å². The van der Waals surface area contributed by atoms with Crippen molar-refractivity contribution in [3.05, 3.63) is 42.2 Å². The van der Waals surface area contributed by atoms with E-state index in [2.05, 4.69) is 61.9 Å². The zero-order valence-corrected chi connectivity index (χ0v) is 26.1. The third kappa shape index (κ3) is 13.8. The van der Waals surface area contributed by atoms with Crippen molar-refractivity contribution < 1.29 is 9.22 Å². The zero-order valence-electron chi connectivity index (χ0n) is 26.1. The van der Waals surface area contributed by atoms with Gasteiger partial charge in [-0.1, -0.05) is 91.9 Å². The van der Waals surface area contributed by atoms with Gasteiger partial charge in [0.25, 0.3) is 0 Å². The van der Waals surface area contributed by atoms with Gasteiger partial charge in [-0.25, -0.2) is 9.97 Å². The lowest BCUT2D eigenvalue weighted by molar-refractivity contribution is -0.929. The van der Waals surface area contributed by atoms with Crippen LogP contribution >= 0.6 is 0 Å². The van der Waals surface area contributed by atoms with Crippen LogP contribution in [-0.2, 0) is 6.42 Å². The van der Waals surface area contributed by atoms with Gasteiger partial charge in [-0.05, 0) is 61.9 Å². The van der Waals surface area contributed by atoms with E-state index in [0.717, 1.165) is 36.6 Å². The molecule has 1 aromatic carbocycles. The molecule has 4 heteroatoms. The fourth-order valence-electron chi connectivity index (χ4n) is 5.54. The summed E-state index contributed by atoms with van der Waals surface area (Å²) in [6.07, 6.45) is 24.8. The fourth-order valence-corrected chi connectivity index (χ4v) is 5.54. The summed E-state index contributed by atoms with van der Waals surface area (Å²) < 4.78 is 7.45. The number of aryl methyl sites for hydroxylation is 1. The number of aromatic nitrogens is 2. The second kappa shape index (κ2) is 20.9. The molecule has 1 heterocycles. The molecule has 0 radical (unpaired) electrons. The summed E-state index contributed by atoms with van der Waals surface area (Å²) in [6.45, 7) is 15.2. The van der Waals surface area contributed by atoms with Crippen molar-refractivity contribution in [2.45, 2.75) is 130 Å². The maximum absolute atomic E-state index is 6.17. The lowest BCUT2D eigenvalue weighted by atomic mass is 10.1. The van der Waals surface area contributed by atoms with Crippen molar-refractivity contribution in [3.8, 4) is 17.1 Å². The molecule has 39 heavy (non-hydrogen) atoms. The van der Waals surface area contributed by atoms with Gasteiger partial charge in [-0.15, -0.1) is 0 Å². The molecule has 0 bridgehead atoms. The van der Waals surface area contributed by atoms with Gasteiger partial charge < -0.3 is 9.22 Å². The van der Waals surface area contributed by atoms with Gasteiger partial charge in [-0.2, -0.15) is 0 Å². The summed E-state index contributed by atoms with van der Waals surface area (Å²) in [5.74, 6) is 1.74. The van der Waals surface area contributed by atoms with Crippen LogP contribution in [-0.4, -0.2) is 47.2 Å². The van der Waals surface area contributed by atoms with Gasteiger partial charge in [-0.3, -0.25) is 0 Å². The van der Waals surface area contributed by atoms with Gasteiger partial charge in [0.15, 0.2) is 5.82 Å². The molecule has 0 saturated carbocycles.